The number of hydrogen-bond donors (Lipinski definition) is 0. The first-order chi connectivity index (χ1) is 7.74. The van der Waals surface area contributed by atoms with E-state index in [4.69, 9.17) is 16.3 Å². The van der Waals surface area contributed by atoms with Gasteiger partial charge in [-0.3, -0.25) is 4.79 Å². The van der Waals surface area contributed by atoms with Crippen molar-refractivity contribution in [2.75, 3.05) is 7.11 Å². The first-order valence-electron chi connectivity index (χ1n) is 4.49. The molecule has 0 spiro atoms. The Labute approximate surface area is 102 Å². The van der Waals surface area contributed by atoms with Gasteiger partial charge in [-0.05, 0) is 18.2 Å². The molecule has 0 unspecified atom stereocenters. The highest BCUT2D eigenvalue weighted by molar-refractivity contribution is 7.11. The fourth-order valence-corrected chi connectivity index (χ4v) is 2.14. The molecule has 0 atom stereocenters. The predicted molar refractivity (Wildman–Crippen MR) is 64.5 cm³/mol. The summed E-state index contributed by atoms with van der Waals surface area (Å²) in [6.07, 6.45) is 0.727. The number of ether oxygens (including phenoxy) is 1. The number of carbonyl (C=O) groups is 1. The summed E-state index contributed by atoms with van der Waals surface area (Å²) in [6.45, 7) is 0. The number of aldehydes is 1. The summed E-state index contributed by atoms with van der Waals surface area (Å²) in [7, 11) is 1.58. The minimum absolute atomic E-state index is 0.442. The molecule has 1 aromatic carbocycles. The SMILES string of the molecule is COc1ccc(Cl)cc1-c1csc(C=O)n1. The molecule has 0 fully saturated rings. The van der Waals surface area contributed by atoms with E-state index in [0.717, 1.165) is 11.8 Å². The second-order valence-electron chi connectivity index (χ2n) is 3.03. The van der Waals surface area contributed by atoms with Crippen LogP contribution in [0.25, 0.3) is 11.3 Å². The second kappa shape index (κ2) is 4.63. The van der Waals surface area contributed by atoms with Crippen LogP contribution in [-0.4, -0.2) is 18.4 Å². The molecule has 2 aromatic rings. The zero-order valence-electron chi connectivity index (χ0n) is 8.44. The molecule has 1 heterocycles. The number of benzene rings is 1. The molecule has 0 saturated carbocycles. The minimum atomic E-state index is 0.442. The normalized spacial score (nSPS) is 10.1. The molecule has 0 bridgehead atoms. The number of hydrogen-bond acceptors (Lipinski definition) is 4. The maximum Gasteiger partial charge on any atom is 0.178 e. The van der Waals surface area contributed by atoms with E-state index in [9.17, 15) is 4.79 Å². The summed E-state index contributed by atoms with van der Waals surface area (Å²) in [5.74, 6) is 0.687. The van der Waals surface area contributed by atoms with Crippen LogP contribution in [0, 0.1) is 0 Å². The van der Waals surface area contributed by atoms with Gasteiger partial charge in [0.15, 0.2) is 11.3 Å². The van der Waals surface area contributed by atoms with Crippen LogP contribution in [0.3, 0.4) is 0 Å². The van der Waals surface area contributed by atoms with E-state index < -0.39 is 0 Å². The summed E-state index contributed by atoms with van der Waals surface area (Å²) in [4.78, 5) is 14.7. The van der Waals surface area contributed by atoms with Crippen LogP contribution in [0.5, 0.6) is 5.75 Å². The Balaban J connectivity index is 2.53. The van der Waals surface area contributed by atoms with E-state index in [1.165, 1.54) is 11.3 Å². The third-order valence-electron chi connectivity index (χ3n) is 2.06. The van der Waals surface area contributed by atoms with Crippen molar-refractivity contribution < 1.29 is 9.53 Å². The van der Waals surface area contributed by atoms with Crippen LogP contribution < -0.4 is 4.74 Å². The van der Waals surface area contributed by atoms with Crippen molar-refractivity contribution in [3.63, 3.8) is 0 Å². The van der Waals surface area contributed by atoms with Gasteiger partial charge in [0.2, 0.25) is 0 Å². The molecule has 0 N–H and O–H groups in total. The maximum absolute atomic E-state index is 10.6. The highest BCUT2D eigenvalue weighted by Gasteiger charge is 2.10. The van der Waals surface area contributed by atoms with Crippen molar-refractivity contribution in [3.8, 4) is 17.0 Å². The Bertz CT molecular complexity index is 524. The van der Waals surface area contributed by atoms with Gasteiger partial charge in [0, 0.05) is 16.0 Å². The van der Waals surface area contributed by atoms with Crippen LogP contribution in [0.15, 0.2) is 23.6 Å². The molecular weight excluding hydrogens is 246 g/mol. The van der Waals surface area contributed by atoms with Gasteiger partial charge < -0.3 is 4.74 Å². The number of methoxy groups -OCH3 is 1. The Morgan fingerprint density at radius 1 is 1.50 bits per heavy atom. The van der Waals surface area contributed by atoms with Gasteiger partial charge in [-0.2, -0.15) is 0 Å². The van der Waals surface area contributed by atoms with E-state index >= 15 is 0 Å². The smallest absolute Gasteiger partial charge is 0.178 e. The zero-order valence-corrected chi connectivity index (χ0v) is 10.0. The van der Waals surface area contributed by atoms with Gasteiger partial charge in [0.05, 0.1) is 12.8 Å². The van der Waals surface area contributed by atoms with E-state index in [1.807, 2.05) is 0 Å². The monoisotopic (exact) mass is 253 g/mol. The van der Waals surface area contributed by atoms with E-state index in [0.29, 0.717) is 21.5 Å². The van der Waals surface area contributed by atoms with Gasteiger partial charge in [-0.15, -0.1) is 11.3 Å². The van der Waals surface area contributed by atoms with Crippen LogP contribution >= 0.6 is 22.9 Å². The van der Waals surface area contributed by atoms with Gasteiger partial charge in [0.25, 0.3) is 0 Å². The van der Waals surface area contributed by atoms with Gasteiger partial charge >= 0.3 is 0 Å². The Hall–Kier alpha value is -1.39. The topological polar surface area (TPSA) is 39.2 Å². The van der Waals surface area contributed by atoms with Crippen LogP contribution in [0.1, 0.15) is 9.80 Å². The lowest BCUT2D eigenvalue weighted by atomic mass is 10.1. The number of carbonyl (C=O) groups excluding carboxylic acids is 1. The molecule has 0 saturated heterocycles. The molecule has 2 rings (SSSR count). The lowest BCUT2D eigenvalue weighted by Crippen LogP contribution is -1.88. The van der Waals surface area contributed by atoms with Crippen LogP contribution in [-0.2, 0) is 0 Å². The Morgan fingerprint density at radius 2 is 2.31 bits per heavy atom. The summed E-state index contributed by atoms with van der Waals surface area (Å²) in [5.41, 5.74) is 1.49. The molecule has 1 aromatic heterocycles. The second-order valence-corrected chi connectivity index (χ2v) is 4.36. The molecule has 0 aliphatic heterocycles. The lowest BCUT2D eigenvalue weighted by molar-refractivity contribution is 0.112. The Morgan fingerprint density at radius 3 is 2.94 bits per heavy atom. The predicted octanol–water partition coefficient (Wildman–Crippen LogP) is 3.28. The highest BCUT2D eigenvalue weighted by atomic mass is 35.5. The van der Waals surface area contributed by atoms with Crippen molar-refractivity contribution in [2.45, 2.75) is 0 Å². The van der Waals surface area contributed by atoms with Gasteiger partial charge in [-0.25, -0.2) is 4.98 Å². The molecule has 82 valence electrons. The van der Waals surface area contributed by atoms with Crippen molar-refractivity contribution in [1.29, 1.82) is 0 Å². The molecule has 5 heteroatoms. The number of halogens is 1. The molecule has 3 nitrogen and oxygen atoms in total. The van der Waals surface area contributed by atoms with E-state index in [2.05, 4.69) is 4.98 Å². The maximum atomic E-state index is 10.6. The van der Waals surface area contributed by atoms with Crippen LogP contribution in [0.4, 0.5) is 0 Å². The summed E-state index contributed by atoms with van der Waals surface area (Å²) in [5, 5.41) is 2.85. The number of aromatic nitrogens is 1. The molecule has 0 amide bonds. The molecule has 16 heavy (non-hydrogen) atoms. The minimum Gasteiger partial charge on any atom is -0.496 e. The standard InChI is InChI=1S/C11H8ClNO2S/c1-15-10-3-2-7(12)4-8(10)9-6-16-11(5-14)13-9/h2-6H,1H3. The third kappa shape index (κ3) is 2.08. The summed E-state index contributed by atoms with van der Waals surface area (Å²) in [6, 6.07) is 5.29. The molecule has 0 aliphatic carbocycles. The number of rotatable bonds is 3. The van der Waals surface area contributed by atoms with Crippen molar-refractivity contribution in [1.82, 2.24) is 4.98 Å². The van der Waals surface area contributed by atoms with E-state index in [-0.39, 0.29) is 0 Å². The highest BCUT2D eigenvalue weighted by Crippen LogP contribution is 2.32. The number of thiazole rings is 1. The zero-order chi connectivity index (χ0) is 11.5. The Kier molecular flexibility index (Phi) is 3.22. The number of nitrogens with zero attached hydrogens (tertiary/aromatic N) is 1. The fourth-order valence-electron chi connectivity index (χ4n) is 1.35. The summed E-state index contributed by atoms with van der Waals surface area (Å²) < 4.78 is 5.22. The van der Waals surface area contributed by atoms with Gasteiger partial charge in [0.1, 0.15) is 5.75 Å². The fraction of sp³-hybridized carbons (Fsp3) is 0.0909. The van der Waals surface area contributed by atoms with Crippen molar-refractivity contribution in [3.05, 3.63) is 33.6 Å². The van der Waals surface area contributed by atoms with Crippen LogP contribution in [0.2, 0.25) is 5.02 Å². The molecular formula is C11H8ClNO2S. The van der Waals surface area contributed by atoms with Gasteiger partial charge in [-0.1, -0.05) is 11.6 Å². The van der Waals surface area contributed by atoms with Crippen molar-refractivity contribution in [2.24, 2.45) is 0 Å². The lowest BCUT2D eigenvalue weighted by Gasteiger charge is -2.06. The average Bonchev–Trinajstić information content (AvgIpc) is 2.77. The van der Waals surface area contributed by atoms with Crippen molar-refractivity contribution >= 4 is 29.2 Å². The largest absolute Gasteiger partial charge is 0.496 e. The average molecular weight is 254 g/mol. The molecule has 0 aliphatic rings. The first-order valence-corrected chi connectivity index (χ1v) is 5.75. The molecule has 0 radical (unpaired) electrons. The summed E-state index contributed by atoms with van der Waals surface area (Å²) >= 11 is 7.21. The first kappa shape index (κ1) is 11.1. The quantitative estimate of drug-likeness (QED) is 0.788. The third-order valence-corrected chi connectivity index (χ3v) is 3.07. The van der Waals surface area contributed by atoms with E-state index in [1.54, 1.807) is 30.7 Å².